The molecule has 3 aliphatic rings. The van der Waals surface area contributed by atoms with Gasteiger partial charge in [-0.05, 0) is 74.0 Å². The maximum atomic E-state index is 4.64. The van der Waals surface area contributed by atoms with Crippen molar-refractivity contribution in [3.63, 3.8) is 0 Å². The van der Waals surface area contributed by atoms with Gasteiger partial charge in [0, 0.05) is 0 Å². The monoisotopic (exact) mass is 392 g/mol. The first-order valence-corrected chi connectivity index (χ1v) is 13.3. The first kappa shape index (κ1) is 27.7. The molecule has 3 unspecified atom stereocenters. The van der Waals surface area contributed by atoms with Crippen LogP contribution in [0.4, 0.5) is 0 Å². The molecule has 0 aromatic carbocycles. The van der Waals surface area contributed by atoms with E-state index in [4.69, 9.17) is 0 Å². The van der Waals surface area contributed by atoms with Crippen LogP contribution in [0.5, 0.6) is 0 Å². The van der Waals surface area contributed by atoms with E-state index in [1.54, 1.807) is 5.57 Å². The Bertz CT molecular complexity index is 381. The summed E-state index contributed by atoms with van der Waals surface area (Å²) in [4.78, 5) is 0. The van der Waals surface area contributed by atoms with Gasteiger partial charge in [-0.2, -0.15) is 0 Å². The van der Waals surface area contributed by atoms with Gasteiger partial charge in [-0.1, -0.05) is 106 Å². The van der Waals surface area contributed by atoms with E-state index in [0.29, 0.717) is 5.41 Å². The summed E-state index contributed by atoms with van der Waals surface area (Å²) in [6.07, 6.45) is 19.0. The lowest BCUT2D eigenvalue weighted by Gasteiger charge is -2.49. The largest absolute Gasteiger partial charge is 0.0996 e. The van der Waals surface area contributed by atoms with Crippen LogP contribution >= 0.6 is 0 Å². The Labute approximate surface area is 180 Å². The SMILES string of the molecule is C=C1CCCCCCCCCC2CC[C@@]3(C)C(CC[C@@H]3C)C12.CC.CC.CC. The summed E-state index contributed by atoms with van der Waals surface area (Å²) in [7, 11) is 0. The minimum Gasteiger partial charge on any atom is -0.0996 e. The molecule has 0 nitrogen and oxygen atoms in total. The molecule has 0 heteroatoms. The second kappa shape index (κ2) is 15.6. The highest BCUT2D eigenvalue weighted by atomic mass is 14.6. The lowest BCUT2D eigenvalue weighted by Crippen LogP contribution is -2.41. The smallest absolute Gasteiger partial charge is 0.0144 e. The van der Waals surface area contributed by atoms with Crippen molar-refractivity contribution in [2.75, 3.05) is 0 Å². The molecule has 0 saturated heterocycles. The van der Waals surface area contributed by atoms with Crippen molar-refractivity contribution in [2.24, 2.45) is 29.1 Å². The standard InChI is InChI=1S/C22H38.3C2H6/c1-17-11-9-7-5-4-6-8-10-12-19-15-16-22(3)18(2)13-14-20(22)21(17)19;3*1-2/h18-21H,1,4-16H2,2-3H3;3*1-2H3/t18-,19?,20?,21?,22+;;;/m0.../s1. The quantitative estimate of drug-likeness (QED) is 0.359. The second-order valence-corrected chi connectivity index (χ2v) is 9.09. The van der Waals surface area contributed by atoms with Gasteiger partial charge in [-0.3, -0.25) is 0 Å². The summed E-state index contributed by atoms with van der Waals surface area (Å²) in [5.74, 6) is 3.72. The van der Waals surface area contributed by atoms with Crippen LogP contribution in [0.2, 0.25) is 0 Å². The zero-order valence-corrected chi connectivity index (χ0v) is 21.2. The van der Waals surface area contributed by atoms with E-state index in [1.807, 2.05) is 41.5 Å². The van der Waals surface area contributed by atoms with Crippen molar-refractivity contribution in [2.45, 2.75) is 139 Å². The molecule has 0 aliphatic heterocycles. The fourth-order valence-electron chi connectivity index (χ4n) is 6.23. The lowest BCUT2D eigenvalue weighted by atomic mass is 9.55. The van der Waals surface area contributed by atoms with Gasteiger partial charge in [0.05, 0.1) is 0 Å². The van der Waals surface area contributed by atoms with Gasteiger partial charge in [0.2, 0.25) is 0 Å². The molecule has 0 spiro atoms. The van der Waals surface area contributed by atoms with E-state index in [2.05, 4.69) is 20.4 Å². The number of fused-ring (bicyclic) bond motifs is 3. The minimum atomic E-state index is 0.626. The van der Waals surface area contributed by atoms with Crippen molar-refractivity contribution in [3.8, 4) is 0 Å². The molecule has 3 fully saturated rings. The minimum absolute atomic E-state index is 0.626. The number of hydrogen-bond donors (Lipinski definition) is 0. The lowest BCUT2D eigenvalue weighted by molar-refractivity contribution is 0.0282. The van der Waals surface area contributed by atoms with Crippen LogP contribution in [0.1, 0.15) is 139 Å². The van der Waals surface area contributed by atoms with Crippen molar-refractivity contribution in [3.05, 3.63) is 12.2 Å². The molecule has 3 rings (SSSR count). The van der Waals surface area contributed by atoms with Gasteiger partial charge in [0.25, 0.3) is 0 Å². The zero-order chi connectivity index (χ0) is 21.6. The summed E-state index contributed by atoms with van der Waals surface area (Å²) in [5.41, 5.74) is 2.27. The van der Waals surface area contributed by atoms with Crippen LogP contribution in [0.3, 0.4) is 0 Å². The number of hydrogen-bond acceptors (Lipinski definition) is 0. The third-order valence-corrected chi connectivity index (χ3v) is 7.92. The normalized spacial score (nSPS) is 35.6. The topological polar surface area (TPSA) is 0 Å². The average Bonchev–Trinajstić information content (AvgIpc) is 3.04. The number of rotatable bonds is 0. The van der Waals surface area contributed by atoms with E-state index in [1.165, 1.54) is 83.5 Å². The van der Waals surface area contributed by atoms with Gasteiger partial charge < -0.3 is 0 Å². The molecule has 0 bridgehead atoms. The predicted octanol–water partition coefficient (Wildman–Crippen LogP) is 10.2. The molecule has 0 aromatic heterocycles. The van der Waals surface area contributed by atoms with Crippen LogP contribution in [0.25, 0.3) is 0 Å². The second-order valence-electron chi connectivity index (χ2n) is 9.09. The molecule has 0 aromatic rings. The molecular weight excluding hydrogens is 336 g/mol. The summed E-state index contributed by atoms with van der Waals surface area (Å²) in [6.45, 7) is 21.8. The van der Waals surface area contributed by atoms with Crippen LogP contribution < -0.4 is 0 Å². The molecule has 3 aliphatic carbocycles. The zero-order valence-electron chi connectivity index (χ0n) is 21.2. The Hall–Kier alpha value is -0.260. The molecule has 0 amide bonds. The van der Waals surface area contributed by atoms with E-state index in [9.17, 15) is 0 Å². The summed E-state index contributed by atoms with van der Waals surface area (Å²) in [5, 5.41) is 0. The van der Waals surface area contributed by atoms with E-state index >= 15 is 0 Å². The first-order valence-electron chi connectivity index (χ1n) is 13.3. The Morgan fingerprint density at radius 3 is 1.86 bits per heavy atom. The van der Waals surface area contributed by atoms with Gasteiger partial charge in [0.15, 0.2) is 0 Å². The molecule has 0 N–H and O–H groups in total. The van der Waals surface area contributed by atoms with Crippen LogP contribution in [0, 0.1) is 29.1 Å². The van der Waals surface area contributed by atoms with E-state index < -0.39 is 0 Å². The Balaban J connectivity index is 0.00000111. The van der Waals surface area contributed by atoms with Crippen LogP contribution in [0.15, 0.2) is 12.2 Å². The maximum Gasteiger partial charge on any atom is -0.0144 e. The fourth-order valence-corrected chi connectivity index (χ4v) is 6.23. The predicted molar refractivity (Wildman–Crippen MR) is 131 cm³/mol. The Kier molecular flexibility index (Phi) is 15.4. The van der Waals surface area contributed by atoms with Crippen LogP contribution in [-0.4, -0.2) is 0 Å². The fraction of sp³-hybridized carbons (Fsp3) is 0.929. The molecule has 5 atom stereocenters. The Morgan fingerprint density at radius 1 is 0.714 bits per heavy atom. The van der Waals surface area contributed by atoms with Crippen molar-refractivity contribution < 1.29 is 0 Å². The molecule has 0 heterocycles. The van der Waals surface area contributed by atoms with Gasteiger partial charge in [-0.25, -0.2) is 0 Å². The summed E-state index contributed by atoms with van der Waals surface area (Å²) >= 11 is 0. The van der Waals surface area contributed by atoms with Crippen molar-refractivity contribution >= 4 is 0 Å². The first-order chi connectivity index (χ1) is 13.6. The van der Waals surface area contributed by atoms with Gasteiger partial charge in [0.1, 0.15) is 0 Å². The highest BCUT2D eigenvalue weighted by molar-refractivity contribution is 5.13. The van der Waals surface area contributed by atoms with Crippen LogP contribution in [-0.2, 0) is 0 Å². The molecular formula is C28H56. The average molecular weight is 393 g/mol. The van der Waals surface area contributed by atoms with Crippen molar-refractivity contribution in [1.82, 2.24) is 0 Å². The summed E-state index contributed by atoms with van der Waals surface area (Å²) in [6, 6.07) is 0. The molecule has 28 heavy (non-hydrogen) atoms. The van der Waals surface area contributed by atoms with E-state index in [0.717, 1.165) is 23.7 Å². The van der Waals surface area contributed by atoms with Gasteiger partial charge >= 0.3 is 0 Å². The maximum absolute atomic E-state index is 4.64. The summed E-state index contributed by atoms with van der Waals surface area (Å²) < 4.78 is 0. The molecule has 168 valence electrons. The van der Waals surface area contributed by atoms with Crippen molar-refractivity contribution in [1.29, 1.82) is 0 Å². The number of allylic oxidation sites excluding steroid dienone is 1. The third-order valence-electron chi connectivity index (χ3n) is 7.92. The molecule has 3 saturated carbocycles. The van der Waals surface area contributed by atoms with Gasteiger partial charge in [-0.15, -0.1) is 0 Å². The van der Waals surface area contributed by atoms with E-state index in [-0.39, 0.29) is 0 Å². The third kappa shape index (κ3) is 7.21. The highest BCUT2D eigenvalue weighted by Gasteiger charge is 2.52. The molecule has 0 radical (unpaired) electrons. The highest BCUT2D eigenvalue weighted by Crippen LogP contribution is 2.61. The Morgan fingerprint density at radius 2 is 1.25 bits per heavy atom.